The zero-order chi connectivity index (χ0) is 15.4. The Kier molecular flexibility index (Phi) is 11.8. The Labute approximate surface area is 127 Å². The lowest BCUT2D eigenvalue weighted by Gasteiger charge is -2.33. The first-order valence-electron chi connectivity index (χ1n) is 8.46. The van der Waals surface area contributed by atoms with E-state index >= 15 is 0 Å². The molecule has 0 aliphatic rings. The van der Waals surface area contributed by atoms with Crippen molar-refractivity contribution in [3.05, 3.63) is 0 Å². The third-order valence-electron chi connectivity index (χ3n) is 3.77. The second-order valence-corrected chi connectivity index (χ2v) is 8.44. The molecule has 0 aromatic heterocycles. The molecule has 122 valence electrons. The molecule has 0 rings (SSSR count). The van der Waals surface area contributed by atoms with Gasteiger partial charge in [-0.05, 0) is 31.1 Å². The fourth-order valence-electron chi connectivity index (χ4n) is 2.07. The third-order valence-corrected chi connectivity index (χ3v) is 6.84. The van der Waals surface area contributed by atoms with Crippen molar-refractivity contribution >= 4 is 8.80 Å². The summed E-state index contributed by atoms with van der Waals surface area (Å²) in [6, 6.07) is 0.946. The zero-order valence-electron chi connectivity index (χ0n) is 14.5. The summed E-state index contributed by atoms with van der Waals surface area (Å²) >= 11 is 0. The molecule has 0 fully saturated rings. The second-order valence-electron chi connectivity index (χ2n) is 5.80. The first kappa shape index (κ1) is 20.1. The van der Waals surface area contributed by atoms with Crippen molar-refractivity contribution in [3.63, 3.8) is 0 Å². The molecule has 0 radical (unpaired) electrons. The number of rotatable bonds is 13. The minimum atomic E-state index is -2.50. The maximum atomic E-state index is 6.14. The van der Waals surface area contributed by atoms with Gasteiger partial charge < -0.3 is 13.3 Å². The molecular formula is C16H36O3Si. The lowest BCUT2D eigenvalue weighted by molar-refractivity contribution is 0.0536. The Morgan fingerprint density at radius 2 is 1.10 bits per heavy atom. The van der Waals surface area contributed by atoms with Crippen LogP contribution in [0.3, 0.4) is 0 Å². The Hall–Kier alpha value is 0.0969. The minimum absolute atomic E-state index is 0.581. The van der Waals surface area contributed by atoms with Gasteiger partial charge in [0.2, 0.25) is 0 Å². The van der Waals surface area contributed by atoms with Crippen molar-refractivity contribution in [1.82, 2.24) is 0 Å². The molecule has 0 aromatic rings. The molecule has 0 saturated carbocycles. The van der Waals surface area contributed by atoms with Gasteiger partial charge in [0.1, 0.15) is 0 Å². The topological polar surface area (TPSA) is 27.7 Å². The van der Waals surface area contributed by atoms with E-state index in [1.54, 1.807) is 0 Å². The van der Waals surface area contributed by atoms with Crippen LogP contribution in [-0.2, 0) is 13.3 Å². The van der Waals surface area contributed by atoms with E-state index in [9.17, 15) is 0 Å². The van der Waals surface area contributed by atoms with Crippen LogP contribution in [-0.4, -0.2) is 28.6 Å². The van der Waals surface area contributed by atoms with Crippen molar-refractivity contribution in [2.24, 2.45) is 11.8 Å². The first-order valence-corrected chi connectivity index (χ1v) is 10.4. The average Bonchev–Trinajstić information content (AvgIpc) is 2.47. The van der Waals surface area contributed by atoms with E-state index in [-0.39, 0.29) is 0 Å². The Bertz CT molecular complexity index is 202. The standard InChI is InChI=1S/C16H36O3Si/c1-7-11-17-20(18-12-8-2,19-13-9-3)14-16(6)15(5)10-4/h15-16H,7-14H2,1-6H3. The molecule has 2 atom stereocenters. The smallest absolute Gasteiger partial charge is 0.373 e. The highest BCUT2D eigenvalue weighted by molar-refractivity contribution is 6.60. The Morgan fingerprint density at radius 1 is 0.700 bits per heavy atom. The van der Waals surface area contributed by atoms with Crippen molar-refractivity contribution in [2.75, 3.05) is 19.8 Å². The van der Waals surface area contributed by atoms with Crippen LogP contribution in [0.2, 0.25) is 6.04 Å². The fraction of sp³-hybridized carbons (Fsp3) is 1.00. The van der Waals surface area contributed by atoms with Crippen LogP contribution in [0.4, 0.5) is 0 Å². The highest BCUT2D eigenvalue weighted by atomic mass is 28.4. The highest BCUT2D eigenvalue weighted by Gasteiger charge is 2.43. The minimum Gasteiger partial charge on any atom is -0.373 e. The third kappa shape index (κ3) is 7.77. The molecular weight excluding hydrogens is 268 g/mol. The molecule has 4 heteroatoms. The van der Waals surface area contributed by atoms with E-state index in [1.807, 2.05) is 0 Å². The second kappa shape index (κ2) is 11.7. The van der Waals surface area contributed by atoms with Crippen LogP contribution >= 0.6 is 0 Å². The van der Waals surface area contributed by atoms with Crippen molar-refractivity contribution in [1.29, 1.82) is 0 Å². The summed E-state index contributed by atoms with van der Waals surface area (Å²) in [5, 5.41) is 0. The van der Waals surface area contributed by atoms with E-state index < -0.39 is 8.80 Å². The number of hydrogen-bond acceptors (Lipinski definition) is 3. The summed E-state index contributed by atoms with van der Waals surface area (Å²) in [7, 11) is -2.50. The average molecular weight is 305 g/mol. The molecule has 0 aliphatic heterocycles. The first-order chi connectivity index (χ1) is 9.55. The van der Waals surface area contributed by atoms with Gasteiger partial charge >= 0.3 is 8.80 Å². The van der Waals surface area contributed by atoms with Gasteiger partial charge in [-0.3, -0.25) is 0 Å². The van der Waals surface area contributed by atoms with E-state index in [2.05, 4.69) is 41.5 Å². The molecule has 0 aromatic carbocycles. The molecule has 20 heavy (non-hydrogen) atoms. The van der Waals surface area contributed by atoms with E-state index in [0.29, 0.717) is 11.8 Å². The van der Waals surface area contributed by atoms with Crippen LogP contribution in [0.5, 0.6) is 0 Å². The zero-order valence-corrected chi connectivity index (χ0v) is 15.5. The summed E-state index contributed by atoms with van der Waals surface area (Å²) in [6.07, 6.45) is 4.23. The molecule has 0 heterocycles. The summed E-state index contributed by atoms with van der Waals surface area (Å²) in [5.74, 6) is 1.26. The Balaban J connectivity index is 4.82. The molecule has 0 amide bonds. The predicted molar refractivity (Wildman–Crippen MR) is 87.9 cm³/mol. The van der Waals surface area contributed by atoms with E-state index in [0.717, 1.165) is 45.1 Å². The van der Waals surface area contributed by atoms with Crippen LogP contribution in [0.1, 0.15) is 67.2 Å². The SMILES string of the molecule is CCCO[Si](CC(C)C(C)CC)(OCCC)OCCC. The van der Waals surface area contributed by atoms with Gasteiger partial charge in [-0.2, -0.15) is 0 Å². The van der Waals surface area contributed by atoms with Crippen LogP contribution in [0, 0.1) is 11.8 Å². The summed E-state index contributed by atoms with van der Waals surface area (Å²) in [6.45, 7) is 15.5. The highest BCUT2D eigenvalue weighted by Crippen LogP contribution is 2.28. The quantitative estimate of drug-likeness (QED) is 0.454. The molecule has 2 unspecified atom stereocenters. The van der Waals surface area contributed by atoms with Crippen LogP contribution in [0.15, 0.2) is 0 Å². The van der Waals surface area contributed by atoms with Gasteiger partial charge in [0.05, 0.1) is 0 Å². The lowest BCUT2D eigenvalue weighted by atomic mass is 9.96. The van der Waals surface area contributed by atoms with Gasteiger partial charge in [-0.25, -0.2) is 0 Å². The van der Waals surface area contributed by atoms with Gasteiger partial charge in [0, 0.05) is 25.9 Å². The van der Waals surface area contributed by atoms with Gasteiger partial charge in [-0.15, -0.1) is 0 Å². The normalized spacial score (nSPS) is 15.3. The molecule has 0 aliphatic carbocycles. The van der Waals surface area contributed by atoms with Gasteiger partial charge in [0.15, 0.2) is 0 Å². The monoisotopic (exact) mass is 304 g/mol. The summed E-state index contributed by atoms with van der Waals surface area (Å²) in [5.41, 5.74) is 0. The lowest BCUT2D eigenvalue weighted by Crippen LogP contribution is -2.48. The summed E-state index contributed by atoms with van der Waals surface area (Å²) < 4.78 is 18.4. The van der Waals surface area contributed by atoms with Gasteiger partial charge in [0.25, 0.3) is 0 Å². The molecule has 0 bridgehead atoms. The summed E-state index contributed by atoms with van der Waals surface area (Å²) in [4.78, 5) is 0. The van der Waals surface area contributed by atoms with Gasteiger partial charge in [-0.1, -0.05) is 48.0 Å². The molecule has 0 N–H and O–H groups in total. The fourth-order valence-corrected chi connectivity index (χ4v) is 5.41. The molecule has 0 spiro atoms. The molecule has 3 nitrogen and oxygen atoms in total. The maximum Gasteiger partial charge on any atom is 0.501 e. The van der Waals surface area contributed by atoms with Crippen LogP contribution in [0.25, 0.3) is 0 Å². The van der Waals surface area contributed by atoms with Crippen molar-refractivity contribution < 1.29 is 13.3 Å². The van der Waals surface area contributed by atoms with E-state index in [4.69, 9.17) is 13.3 Å². The largest absolute Gasteiger partial charge is 0.501 e. The maximum absolute atomic E-state index is 6.14. The number of hydrogen-bond donors (Lipinski definition) is 0. The van der Waals surface area contributed by atoms with Crippen molar-refractivity contribution in [3.8, 4) is 0 Å². The van der Waals surface area contributed by atoms with E-state index in [1.165, 1.54) is 6.42 Å². The molecule has 0 saturated heterocycles. The predicted octanol–water partition coefficient (Wildman–Crippen LogP) is 4.89. The Morgan fingerprint density at radius 3 is 1.40 bits per heavy atom. The van der Waals surface area contributed by atoms with Crippen LogP contribution < -0.4 is 0 Å². The van der Waals surface area contributed by atoms with Crippen molar-refractivity contribution in [2.45, 2.75) is 73.3 Å².